The number of para-hydroxylation sites is 1. The number of likely N-dealkylation sites (N-methyl/N-ethyl adjacent to an activating group) is 1. The van der Waals surface area contributed by atoms with Gasteiger partial charge in [-0.3, -0.25) is 4.79 Å². The molecule has 2 atom stereocenters. The number of carbonyl (C=O) groups is 1. The fourth-order valence-electron chi connectivity index (χ4n) is 2.65. The molecule has 0 heterocycles. The van der Waals surface area contributed by atoms with Crippen LogP contribution in [0.3, 0.4) is 0 Å². The van der Waals surface area contributed by atoms with E-state index in [-0.39, 0.29) is 11.9 Å². The average Bonchev–Trinajstić information content (AvgIpc) is 2.61. The summed E-state index contributed by atoms with van der Waals surface area (Å²) in [4.78, 5) is 14.4. The van der Waals surface area contributed by atoms with Crippen molar-refractivity contribution in [3.8, 4) is 11.5 Å². The van der Waals surface area contributed by atoms with Gasteiger partial charge in [-0.25, -0.2) is 4.39 Å². The molecule has 0 saturated heterocycles. The third kappa shape index (κ3) is 5.20. The van der Waals surface area contributed by atoms with E-state index >= 15 is 0 Å². The van der Waals surface area contributed by atoms with Gasteiger partial charge in [0.25, 0.3) is 5.91 Å². The van der Waals surface area contributed by atoms with Crippen LogP contribution in [-0.4, -0.2) is 44.7 Å². The van der Waals surface area contributed by atoms with Crippen molar-refractivity contribution in [1.29, 1.82) is 0 Å². The molecule has 2 rings (SSSR count). The second kappa shape index (κ2) is 9.20. The van der Waals surface area contributed by atoms with Crippen LogP contribution >= 0.6 is 0 Å². The fourth-order valence-corrected chi connectivity index (χ4v) is 2.65. The first-order valence-corrected chi connectivity index (χ1v) is 8.41. The molecule has 6 heteroatoms. The maximum absolute atomic E-state index is 13.2. The molecule has 0 aliphatic carbocycles. The summed E-state index contributed by atoms with van der Waals surface area (Å²) in [6.45, 7) is 2.02. The number of halogens is 1. The van der Waals surface area contributed by atoms with E-state index < -0.39 is 11.9 Å². The molecule has 5 nitrogen and oxygen atoms in total. The molecule has 0 aliphatic heterocycles. The number of ether oxygens (including phenoxy) is 2. The Morgan fingerprint density at radius 2 is 1.92 bits per heavy atom. The smallest absolute Gasteiger partial charge is 0.260 e. The van der Waals surface area contributed by atoms with Gasteiger partial charge in [0, 0.05) is 18.2 Å². The molecule has 2 unspecified atom stereocenters. The summed E-state index contributed by atoms with van der Waals surface area (Å²) in [5.41, 5.74) is 0.985. The SMILES string of the molecule is COc1ccccc1C(CNC(=O)C(C)Oc1cccc(F)c1)N(C)C. The molecular formula is C20H25FN2O3. The third-order valence-electron chi connectivity index (χ3n) is 4.07. The summed E-state index contributed by atoms with van der Waals surface area (Å²) in [5.74, 6) is 0.418. The van der Waals surface area contributed by atoms with Gasteiger partial charge in [-0.05, 0) is 39.2 Å². The Bertz CT molecular complexity index is 737. The molecule has 0 aliphatic rings. The fraction of sp³-hybridized carbons (Fsp3) is 0.350. The molecular weight excluding hydrogens is 335 g/mol. The van der Waals surface area contributed by atoms with Crippen LogP contribution in [0.15, 0.2) is 48.5 Å². The first-order chi connectivity index (χ1) is 12.4. The Labute approximate surface area is 153 Å². The van der Waals surface area contributed by atoms with E-state index in [1.165, 1.54) is 12.1 Å². The van der Waals surface area contributed by atoms with Crippen LogP contribution in [0.25, 0.3) is 0 Å². The quantitative estimate of drug-likeness (QED) is 0.786. The maximum atomic E-state index is 13.2. The van der Waals surface area contributed by atoms with Gasteiger partial charge in [0.1, 0.15) is 17.3 Å². The first-order valence-electron chi connectivity index (χ1n) is 8.41. The van der Waals surface area contributed by atoms with Crippen LogP contribution in [0.2, 0.25) is 0 Å². The van der Waals surface area contributed by atoms with Crippen LogP contribution in [0.1, 0.15) is 18.5 Å². The largest absolute Gasteiger partial charge is 0.496 e. The molecule has 2 aromatic rings. The monoisotopic (exact) mass is 360 g/mol. The van der Waals surface area contributed by atoms with E-state index in [4.69, 9.17) is 9.47 Å². The molecule has 0 bridgehead atoms. The highest BCUT2D eigenvalue weighted by molar-refractivity contribution is 5.80. The van der Waals surface area contributed by atoms with Crippen LogP contribution in [0, 0.1) is 5.82 Å². The van der Waals surface area contributed by atoms with Crippen LogP contribution in [0.5, 0.6) is 11.5 Å². The van der Waals surface area contributed by atoms with Crippen molar-refractivity contribution in [2.24, 2.45) is 0 Å². The van der Waals surface area contributed by atoms with E-state index in [9.17, 15) is 9.18 Å². The Morgan fingerprint density at radius 1 is 1.19 bits per heavy atom. The molecule has 2 aromatic carbocycles. The minimum atomic E-state index is -0.739. The number of hydrogen-bond acceptors (Lipinski definition) is 4. The summed E-state index contributed by atoms with van der Waals surface area (Å²) >= 11 is 0. The molecule has 140 valence electrons. The Morgan fingerprint density at radius 3 is 2.58 bits per heavy atom. The topological polar surface area (TPSA) is 50.8 Å². The number of hydrogen-bond donors (Lipinski definition) is 1. The van der Waals surface area contributed by atoms with Gasteiger partial charge in [0.05, 0.1) is 13.2 Å². The van der Waals surface area contributed by atoms with Crippen LogP contribution in [-0.2, 0) is 4.79 Å². The number of methoxy groups -OCH3 is 1. The number of carbonyl (C=O) groups excluding carboxylic acids is 1. The Kier molecular flexibility index (Phi) is 6.97. The molecule has 26 heavy (non-hydrogen) atoms. The highest BCUT2D eigenvalue weighted by atomic mass is 19.1. The van der Waals surface area contributed by atoms with Gasteiger partial charge in [-0.1, -0.05) is 24.3 Å². The number of nitrogens with zero attached hydrogens (tertiary/aromatic N) is 1. The Balaban J connectivity index is 2.00. The van der Waals surface area contributed by atoms with E-state index in [0.29, 0.717) is 12.3 Å². The van der Waals surface area contributed by atoms with Gasteiger partial charge in [0.2, 0.25) is 0 Å². The van der Waals surface area contributed by atoms with E-state index in [0.717, 1.165) is 11.3 Å². The second-order valence-electron chi connectivity index (χ2n) is 6.18. The zero-order valence-corrected chi connectivity index (χ0v) is 15.5. The molecule has 0 spiro atoms. The van der Waals surface area contributed by atoms with Gasteiger partial charge in [-0.2, -0.15) is 0 Å². The van der Waals surface area contributed by atoms with Crippen LogP contribution in [0.4, 0.5) is 4.39 Å². The summed E-state index contributed by atoms with van der Waals surface area (Å²) in [5, 5.41) is 2.89. The number of rotatable bonds is 8. The van der Waals surface area contributed by atoms with Gasteiger partial charge < -0.3 is 19.7 Å². The zero-order chi connectivity index (χ0) is 19.1. The summed E-state index contributed by atoms with van der Waals surface area (Å²) in [6.07, 6.45) is -0.739. The van der Waals surface area contributed by atoms with Crippen molar-refractivity contribution in [3.05, 3.63) is 59.9 Å². The number of benzene rings is 2. The molecule has 0 aromatic heterocycles. The van der Waals surface area contributed by atoms with E-state index in [1.54, 1.807) is 26.2 Å². The standard InChI is InChI=1S/C20H25FN2O3/c1-14(26-16-9-7-8-15(21)12-16)20(24)22-13-18(23(2)3)17-10-5-6-11-19(17)25-4/h5-12,14,18H,13H2,1-4H3,(H,22,24). The maximum Gasteiger partial charge on any atom is 0.260 e. The van der Waals surface area contributed by atoms with E-state index in [1.807, 2.05) is 43.3 Å². The Hall–Kier alpha value is -2.60. The lowest BCUT2D eigenvalue weighted by Crippen LogP contribution is -2.41. The minimum Gasteiger partial charge on any atom is -0.496 e. The molecule has 0 saturated carbocycles. The van der Waals surface area contributed by atoms with Gasteiger partial charge >= 0.3 is 0 Å². The zero-order valence-electron chi connectivity index (χ0n) is 15.5. The lowest BCUT2D eigenvalue weighted by Gasteiger charge is -2.27. The van der Waals surface area contributed by atoms with Crippen molar-refractivity contribution in [3.63, 3.8) is 0 Å². The minimum absolute atomic E-state index is 0.0588. The summed E-state index contributed by atoms with van der Waals surface area (Å²) < 4.78 is 24.2. The summed E-state index contributed by atoms with van der Waals surface area (Å²) in [6, 6.07) is 13.4. The van der Waals surface area contributed by atoms with Crippen molar-refractivity contribution >= 4 is 5.91 Å². The molecule has 0 fully saturated rings. The van der Waals surface area contributed by atoms with Crippen LogP contribution < -0.4 is 14.8 Å². The lowest BCUT2D eigenvalue weighted by atomic mass is 10.0. The second-order valence-corrected chi connectivity index (χ2v) is 6.18. The van der Waals surface area contributed by atoms with Crippen molar-refractivity contribution in [1.82, 2.24) is 10.2 Å². The predicted octanol–water partition coefficient (Wildman–Crippen LogP) is 3.02. The molecule has 1 amide bonds. The summed E-state index contributed by atoms with van der Waals surface area (Å²) in [7, 11) is 5.50. The third-order valence-corrected chi connectivity index (χ3v) is 4.07. The van der Waals surface area contributed by atoms with E-state index in [2.05, 4.69) is 5.32 Å². The predicted molar refractivity (Wildman–Crippen MR) is 98.9 cm³/mol. The lowest BCUT2D eigenvalue weighted by molar-refractivity contribution is -0.127. The highest BCUT2D eigenvalue weighted by Gasteiger charge is 2.21. The van der Waals surface area contributed by atoms with Crippen molar-refractivity contribution in [2.75, 3.05) is 27.7 Å². The average molecular weight is 360 g/mol. The molecule has 0 radical (unpaired) electrons. The van der Waals surface area contributed by atoms with Gasteiger partial charge in [0.15, 0.2) is 6.10 Å². The van der Waals surface area contributed by atoms with Gasteiger partial charge in [-0.15, -0.1) is 0 Å². The molecule has 1 N–H and O–H groups in total. The normalized spacial score (nSPS) is 13.2. The first kappa shape index (κ1) is 19.7. The highest BCUT2D eigenvalue weighted by Crippen LogP contribution is 2.27. The van der Waals surface area contributed by atoms with Crippen molar-refractivity contribution < 1.29 is 18.7 Å². The number of nitrogens with one attached hydrogen (secondary N) is 1. The van der Waals surface area contributed by atoms with Crippen molar-refractivity contribution in [2.45, 2.75) is 19.1 Å². The number of amides is 1.